The third kappa shape index (κ3) is 4.07. The number of carbonyl (C=O) groups is 1. The highest BCUT2D eigenvalue weighted by Gasteiger charge is 2.20. The zero-order valence-electron chi connectivity index (χ0n) is 10.9. The van der Waals surface area contributed by atoms with E-state index in [4.69, 9.17) is 18.0 Å². The second-order valence-electron chi connectivity index (χ2n) is 4.18. The third-order valence-corrected chi connectivity index (χ3v) is 4.13. The third-order valence-electron chi connectivity index (χ3n) is 2.88. The summed E-state index contributed by atoms with van der Waals surface area (Å²) in [5.41, 5.74) is 6.90. The van der Waals surface area contributed by atoms with Gasteiger partial charge in [-0.2, -0.15) is 0 Å². The van der Waals surface area contributed by atoms with Gasteiger partial charge in [-0.05, 0) is 29.9 Å². The Balaban J connectivity index is 2.56. The van der Waals surface area contributed by atoms with Crippen molar-refractivity contribution in [3.63, 3.8) is 0 Å². The molecule has 1 heterocycles. The number of hydrogen-bond donors (Lipinski definition) is 2. The highest BCUT2D eigenvalue weighted by Crippen LogP contribution is 2.17. The molecule has 0 aliphatic carbocycles. The average molecular weight is 284 g/mol. The maximum absolute atomic E-state index is 12.0. The van der Waals surface area contributed by atoms with E-state index in [0.29, 0.717) is 13.0 Å². The molecule has 5 heteroatoms. The van der Waals surface area contributed by atoms with Crippen LogP contribution in [0.15, 0.2) is 11.4 Å². The first-order valence-corrected chi connectivity index (χ1v) is 7.51. The van der Waals surface area contributed by atoms with Crippen LogP contribution < -0.4 is 11.1 Å². The molecule has 1 rings (SSSR count). The lowest BCUT2D eigenvalue weighted by Crippen LogP contribution is -2.37. The number of thiocarbonyl (C=S) groups is 1. The maximum atomic E-state index is 12.0. The second-order valence-corrected chi connectivity index (χ2v) is 5.66. The monoisotopic (exact) mass is 284 g/mol. The van der Waals surface area contributed by atoms with Crippen LogP contribution in [0.3, 0.4) is 0 Å². The minimum atomic E-state index is -0.338. The molecular weight excluding hydrogens is 264 g/mol. The molecule has 1 unspecified atom stereocenters. The summed E-state index contributed by atoms with van der Waals surface area (Å²) in [6, 6.07) is 2.10. The Morgan fingerprint density at radius 3 is 2.83 bits per heavy atom. The molecule has 18 heavy (non-hydrogen) atoms. The SMILES string of the molecule is CCCC(C(=O)NCc1sccc1CC)C(N)=S. The molecule has 0 radical (unpaired) electrons. The van der Waals surface area contributed by atoms with Crippen LogP contribution in [-0.4, -0.2) is 10.9 Å². The van der Waals surface area contributed by atoms with E-state index in [1.807, 2.05) is 6.92 Å². The fourth-order valence-corrected chi connectivity index (χ4v) is 2.96. The average Bonchev–Trinajstić information content (AvgIpc) is 2.79. The zero-order valence-corrected chi connectivity index (χ0v) is 12.5. The molecule has 3 nitrogen and oxygen atoms in total. The van der Waals surface area contributed by atoms with Gasteiger partial charge in [0.15, 0.2) is 0 Å². The molecule has 3 N–H and O–H groups in total. The minimum Gasteiger partial charge on any atom is -0.393 e. The fourth-order valence-electron chi connectivity index (χ4n) is 1.82. The second kappa shape index (κ2) is 7.48. The van der Waals surface area contributed by atoms with Gasteiger partial charge in [0.1, 0.15) is 0 Å². The molecule has 0 aliphatic rings. The van der Waals surface area contributed by atoms with Crippen LogP contribution >= 0.6 is 23.6 Å². The molecule has 0 fully saturated rings. The van der Waals surface area contributed by atoms with Gasteiger partial charge in [0, 0.05) is 4.88 Å². The van der Waals surface area contributed by atoms with Gasteiger partial charge < -0.3 is 11.1 Å². The van der Waals surface area contributed by atoms with Crippen molar-refractivity contribution in [2.24, 2.45) is 11.7 Å². The Morgan fingerprint density at radius 2 is 2.28 bits per heavy atom. The molecule has 1 atom stereocenters. The summed E-state index contributed by atoms with van der Waals surface area (Å²) in [6.45, 7) is 4.71. The Kier molecular flexibility index (Phi) is 6.29. The largest absolute Gasteiger partial charge is 0.393 e. The first kappa shape index (κ1) is 15.1. The molecule has 0 bridgehead atoms. The zero-order chi connectivity index (χ0) is 13.5. The Morgan fingerprint density at radius 1 is 1.56 bits per heavy atom. The van der Waals surface area contributed by atoms with Crippen LogP contribution in [0.5, 0.6) is 0 Å². The van der Waals surface area contributed by atoms with Crippen molar-refractivity contribution in [2.45, 2.75) is 39.7 Å². The van der Waals surface area contributed by atoms with Crippen LogP contribution in [0.2, 0.25) is 0 Å². The van der Waals surface area contributed by atoms with E-state index in [1.54, 1.807) is 11.3 Å². The molecule has 0 aliphatic heterocycles. The van der Waals surface area contributed by atoms with E-state index in [-0.39, 0.29) is 16.8 Å². The van der Waals surface area contributed by atoms with Gasteiger partial charge in [-0.1, -0.05) is 32.5 Å². The van der Waals surface area contributed by atoms with Gasteiger partial charge in [-0.15, -0.1) is 11.3 Å². The smallest absolute Gasteiger partial charge is 0.230 e. The molecule has 100 valence electrons. The summed E-state index contributed by atoms with van der Waals surface area (Å²) < 4.78 is 0. The van der Waals surface area contributed by atoms with Crippen LogP contribution in [0.1, 0.15) is 37.1 Å². The summed E-state index contributed by atoms with van der Waals surface area (Å²) in [6.07, 6.45) is 2.60. The van der Waals surface area contributed by atoms with Gasteiger partial charge in [0.2, 0.25) is 5.91 Å². The lowest BCUT2D eigenvalue weighted by atomic mass is 10.0. The van der Waals surface area contributed by atoms with E-state index < -0.39 is 0 Å². The molecule has 1 aromatic heterocycles. The molecule has 1 aromatic rings. The number of nitrogens with one attached hydrogen (secondary N) is 1. The van der Waals surface area contributed by atoms with Crippen molar-refractivity contribution in [1.82, 2.24) is 5.32 Å². The molecule has 0 saturated heterocycles. The standard InChI is InChI=1S/C13H20N2OS2/c1-3-5-10(12(14)17)13(16)15-8-11-9(4-2)6-7-18-11/h6-7,10H,3-5,8H2,1-2H3,(H2,14,17)(H,15,16). The van der Waals surface area contributed by atoms with Crippen molar-refractivity contribution in [3.8, 4) is 0 Å². The van der Waals surface area contributed by atoms with Gasteiger partial charge in [0.25, 0.3) is 0 Å². The molecular formula is C13H20N2OS2. The van der Waals surface area contributed by atoms with Crippen LogP contribution in [0.25, 0.3) is 0 Å². The molecule has 0 saturated carbocycles. The summed E-state index contributed by atoms with van der Waals surface area (Å²) in [5, 5.41) is 4.98. The highest BCUT2D eigenvalue weighted by molar-refractivity contribution is 7.80. The van der Waals surface area contributed by atoms with Crippen molar-refractivity contribution < 1.29 is 4.79 Å². The summed E-state index contributed by atoms with van der Waals surface area (Å²) in [4.78, 5) is 13.5. The number of thiophene rings is 1. The number of carbonyl (C=O) groups excluding carboxylic acids is 1. The van der Waals surface area contributed by atoms with Gasteiger partial charge >= 0.3 is 0 Å². The molecule has 1 amide bonds. The van der Waals surface area contributed by atoms with Gasteiger partial charge in [-0.3, -0.25) is 4.79 Å². The Hall–Kier alpha value is -0.940. The summed E-state index contributed by atoms with van der Waals surface area (Å²) in [7, 11) is 0. The van der Waals surface area contributed by atoms with Crippen molar-refractivity contribution in [2.75, 3.05) is 0 Å². The highest BCUT2D eigenvalue weighted by atomic mass is 32.1. The van der Waals surface area contributed by atoms with Crippen molar-refractivity contribution >= 4 is 34.5 Å². The maximum Gasteiger partial charge on any atom is 0.230 e. The Bertz CT molecular complexity index is 415. The first-order valence-electron chi connectivity index (χ1n) is 6.22. The lowest BCUT2D eigenvalue weighted by Gasteiger charge is -2.14. The summed E-state index contributed by atoms with van der Waals surface area (Å²) >= 11 is 6.61. The van der Waals surface area contributed by atoms with Crippen molar-refractivity contribution in [1.29, 1.82) is 0 Å². The predicted molar refractivity (Wildman–Crippen MR) is 80.7 cm³/mol. The first-order chi connectivity index (χ1) is 8.60. The van der Waals surface area contributed by atoms with E-state index in [9.17, 15) is 4.79 Å². The van der Waals surface area contributed by atoms with E-state index in [0.717, 1.165) is 12.8 Å². The number of aryl methyl sites for hydroxylation is 1. The van der Waals surface area contributed by atoms with Crippen LogP contribution in [0.4, 0.5) is 0 Å². The van der Waals surface area contributed by atoms with E-state index >= 15 is 0 Å². The number of rotatable bonds is 7. The van der Waals surface area contributed by atoms with E-state index in [2.05, 4.69) is 23.7 Å². The summed E-state index contributed by atoms with van der Waals surface area (Å²) in [5.74, 6) is -0.394. The van der Waals surface area contributed by atoms with Gasteiger partial charge in [-0.25, -0.2) is 0 Å². The van der Waals surface area contributed by atoms with Crippen molar-refractivity contribution in [3.05, 3.63) is 21.9 Å². The number of amides is 1. The molecule has 0 aromatic carbocycles. The Labute approximate surface area is 118 Å². The minimum absolute atomic E-state index is 0.0557. The van der Waals surface area contributed by atoms with Crippen LogP contribution in [0, 0.1) is 5.92 Å². The quantitative estimate of drug-likeness (QED) is 0.757. The molecule has 0 spiro atoms. The van der Waals surface area contributed by atoms with Gasteiger partial charge in [0.05, 0.1) is 17.5 Å². The normalized spacial score (nSPS) is 12.1. The fraction of sp³-hybridized carbons (Fsp3) is 0.538. The lowest BCUT2D eigenvalue weighted by molar-refractivity contribution is -0.123. The topological polar surface area (TPSA) is 55.1 Å². The predicted octanol–water partition coefficient (Wildman–Crippen LogP) is 2.63. The van der Waals surface area contributed by atoms with E-state index in [1.165, 1.54) is 10.4 Å². The number of hydrogen-bond acceptors (Lipinski definition) is 3. The van der Waals surface area contributed by atoms with Crippen LogP contribution in [-0.2, 0) is 17.8 Å². The number of nitrogens with two attached hydrogens (primary N) is 1.